The molecule has 2 aromatic rings. The van der Waals surface area contributed by atoms with Crippen LogP contribution in [0.25, 0.3) is 11.5 Å². The molecule has 0 atom stereocenters. The van der Waals surface area contributed by atoms with Crippen molar-refractivity contribution in [3.05, 3.63) is 42.0 Å². The SMILES string of the molecule is FCCc1cnc(-c2ccc(F)cc2)o1. The molecule has 0 bridgehead atoms. The molecule has 0 aliphatic carbocycles. The van der Waals surface area contributed by atoms with Crippen LogP contribution in [0.4, 0.5) is 8.78 Å². The van der Waals surface area contributed by atoms with Crippen LogP contribution in [-0.4, -0.2) is 11.7 Å². The first-order chi connectivity index (χ1) is 7.29. The van der Waals surface area contributed by atoms with Gasteiger partial charge >= 0.3 is 0 Å². The summed E-state index contributed by atoms with van der Waals surface area (Å²) in [6, 6.07) is 5.80. The molecule has 1 heterocycles. The molecule has 0 N–H and O–H groups in total. The van der Waals surface area contributed by atoms with E-state index in [0.717, 1.165) is 0 Å². The molecular weight excluding hydrogens is 200 g/mol. The molecule has 0 aliphatic heterocycles. The van der Waals surface area contributed by atoms with E-state index in [2.05, 4.69) is 4.98 Å². The Labute approximate surface area is 85.6 Å². The van der Waals surface area contributed by atoms with E-state index in [1.54, 1.807) is 12.1 Å². The van der Waals surface area contributed by atoms with Crippen LogP contribution < -0.4 is 0 Å². The van der Waals surface area contributed by atoms with Crippen molar-refractivity contribution in [3.8, 4) is 11.5 Å². The van der Waals surface area contributed by atoms with E-state index in [4.69, 9.17) is 4.42 Å². The standard InChI is InChI=1S/C11H9F2NO/c12-6-5-10-7-14-11(15-10)8-1-3-9(13)4-2-8/h1-4,7H,5-6H2. The summed E-state index contributed by atoms with van der Waals surface area (Å²) in [6.45, 7) is -0.474. The lowest BCUT2D eigenvalue weighted by Crippen LogP contribution is -1.81. The molecular formula is C11H9F2NO. The van der Waals surface area contributed by atoms with Crippen LogP contribution >= 0.6 is 0 Å². The third kappa shape index (κ3) is 2.21. The Morgan fingerprint density at radius 3 is 2.60 bits per heavy atom. The molecule has 0 aliphatic rings. The second-order valence-electron chi connectivity index (χ2n) is 3.08. The van der Waals surface area contributed by atoms with E-state index in [1.807, 2.05) is 0 Å². The van der Waals surface area contributed by atoms with E-state index in [0.29, 0.717) is 17.2 Å². The lowest BCUT2D eigenvalue weighted by Gasteiger charge is -1.94. The highest BCUT2D eigenvalue weighted by molar-refractivity contribution is 5.52. The lowest BCUT2D eigenvalue weighted by molar-refractivity contribution is 0.443. The van der Waals surface area contributed by atoms with Crippen molar-refractivity contribution in [2.75, 3.05) is 6.67 Å². The quantitative estimate of drug-likeness (QED) is 0.776. The largest absolute Gasteiger partial charge is 0.441 e. The molecule has 0 fully saturated rings. The summed E-state index contributed by atoms with van der Waals surface area (Å²) in [4.78, 5) is 3.98. The van der Waals surface area contributed by atoms with Gasteiger partial charge in [0.05, 0.1) is 12.9 Å². The molecule has 0 amide bonds. The van der Waals surface area contributed by atoms with Gasteiger partial charge in [0.1, 0.15) is 11.6 Å². The van der Waals surface area contributed by atoms with Gasteiger partial charge < -0.3 is 4.42 Å². The third-order valence-electron chi connectivity index (χ3n) is 1.99. The number of hydrogen-bond donors (Lipinski definition) is 0. The number of hydrogen-bond acceptors (Lipinski definition) is 2. The molecule has 0 spiro atoms. The summed E-state index contributed by atoms with van der Waals surface area (Å²) in [5.41, 5.74) is 0.682. The van der Waals surface area contributed by atoms with Crippen LogP contribution in [-0.2, 0) is 6.42 Å². The topological polar surface area (TPSA) is 26.0 Å². The van der Waals surface area contributed by atoms with Gasteiger partial charge in [0.15, 0.2) is 0 Å². The smallest absolute Gasteiger partial charge is 0.226 e. The molecule has 15 heavy (non-hydrogen) atoms. The van der Waals surface area contributed by atoms with E-state index in [-0.39, 0.29) is 12.2 Å². The maximum atomic E-state index is 12.6. The highest BCUT2D eigenvalue weighted by Crippen LogP contribution is 2.19. The Balaban J connectivity index is 2.25. The van der Waals surface area contributed by atoms with Crippen LogP contribution in [0.3, 0.4) is 0 Å². The van der Waals surface area contributed by atoms with E-state index < -0.39 is 6.67 Å². The summed E-state index contributed by atoms with van der Waals surface area (Å²) in [5, 5.41) is 0. The summed E-state index contributed by atoms with van der Waals surface area (Å²) in [5.74, 6) is 0.574. The Bertz CT molecular complexity index is 436. The van der Waals surface area contributed by atoms with Gasteiger partial charge in [0.25, 0.3) is 0 Å². The zero-order chi connectivity index (χ0) is 10.7. The minimum atomic E-state index is -0.474. The van der Waals surface area contributed by atoms with Gasteiger partial charge in [0.2, 0.25) is 5.89 Å². The highest BCUT2D eigenvalue weighted by atomic mass is 19.1. The second kappa shape index (κ2) is 4.21. The summed E-state index contributed by atoms with van der Waals surface area (Å²) >= 11 is 0. The first-order valence-electron chi connectivity index (χ1n) is 4.56. The highest BCUT2D eigenvalue weighted by Gasteiger charge is 2.06. The van der Waals surface area contributed by atoms with Crippen molar-refractivity contribution in [3.63, 3.8) is 0 Å². The predicted molar refractivity (Wildman–Crippen MR) is 51.6 cm³/mol. The van der Waals surface area contributed by atoms with E-state index in [1.165, 1.54) is 18.3 Å². The number of aryl methyl sites for hydroxylation is 1. The van der Waals surface area contributed by atoms with Gasteiger partial charge in [-0.1, -0.05) is 0 Å². The number of halogens is 2. The first-order valence-corrected chi connectivity index (χ1v) is 4.56. The van der Waals surface area contributed by atoms with Crippen LogP contribution in [0.1, 0.15) is 5.76 Å². The van der Waals surface area contributed by atoms with Gasteiger partial charge in [-0.2, -0.15) is 0 Å². The van der Waals surface area contributed by atoms with Gasteiger partial charge in [-0.3, -0.25) is 4.39 Å². The Hall–Kier alpha value is -1.71. The molecule has 2 nitrogen and oxygen atoms in total. The van der Waals surface area contributed by atoms with Crippen molar-refractivity contribution >= 4 is 0 Å². The average molecular weight is 209 g/mol. The number of benzene rings is 1. The van der Waals surface area contributed by atoms with E-state index >= 15 is 0 Å². The fourth-order valence-corrected chi connectivity index (χ4v) is 1.24. The molecule has 0 saturated carbocycles. The Morgan fingerprint density at radius 1 is 1.20 bits per heavy atom. The van der Waals surface area contributed by atoms with Crippen LogP contribution in [0, 0.1) is 5.82 Å². The Kier molecular flexibility index (Phi) is 2.76. The minimum Gasteiger partial charge on any atom is -0.441 e. The van der Waals surface area contributed by atoms with Crippen molar-refractivity contribution < 1.29 is 13.2 Å². The molecule has 78 valence electrons. The van der Waals surface area contributed by atoms with Crippen LogP contribution in [0.2, 0.25) is 0 Å². The van der Waals surface area contributed by atoms with Crippen molar-refractivity contribution in [2.45, 2.75) is 6.42 Å². The molecule has 2 rings (SSSR count). The van der Waals surface area contributed by atoms with Crippen molar-refractivity contribution in [2.24, 2.45) is 0 Å². The van der Waals surface area contributed by atoms with Gasteiger partial charge in [-0.25, -0.2) is 9.37 Å². The second-order valence-corrected chi connectivity index (χ2v) is 3.08. The zero-order valence-corrected chi connectivity index (χ0v) is 7.91. The summed E-state index contributed by atoms with van der Waals surface area (Å²) in [7, 11) is 0. The normalized spacial score (nSPS) is 10.5. The van der Waals surface area contributed by atoms with Crippen molar-refractivity contribution in [1.29, 1.82) is 0 Å². The molecule has 0 saturated heterocycles. The van der Waals surface area contributed by atoms with E-state index in [9.17, 15) is 8.78 Å². The molecule has 0 radical (unpaired) electrons. The maximum Gasteiger partial charge on any atom is 0.226 e. The molecule has 0 unspecified atom stereocenters. The van der Waals surface area contributed by atoms with Crippen LogP contribution in [0.15, 0.2) is 34.9 Å². The number of oxazole rings is 1. The first kappa shape index (κ1) is 9.83. The molecule has 1 aromatic carbocycles. The zero-order valence-electron chi connectivity index (χ0n) is 7.91. The fourth-order valence-electron chi connectivity index (χ4n) is 1.24. The van der Waals surface area contributed by atoms with Crippen LogP contribution in [0.5, 0.6) is 0 Å². The van der Waals surface area contributed by atoms with Gasteiger partial charge in [-0.05, 0) is 24.3 Å². The fraction of sp³-hybridized carbons (Fsp3) is 0.182. The predicted octanol–water partition coefficient (Wildman–Crippen LogP) is 2.99. The minimum absolute atomic E-state index is 0.216. The maximum absolute atomic E-state index is 12.6. The molecule has 1 aromatic heterocycles. The molecule has 4 heteroatoms. The number of rotatable bonds is 3. The number of aromatic nitrogens is 1. The third-order valence-corrected chi connectivity index (χ3v) is 1.99. The number of alkyl halides is 1. The number of nitrogens with zero attached hydrogens (tertiary/aromatic N) is 1. The summed E-state index contributed by atoms with van der Waals surface area (Å²) < 4.78 is 29.9. The Morgan fingerprint density at radius 2 is 1.93 bits per heavy atom. The van der Waals surface area contributed by atoms with Gasteiger partial charge in [0, 0.05) is 12.0 Å². The van der Waals surface area contributed by atoms with Crippen molar-refractivity contribution in [1.82, 2.24) is 4.98 Å². The summed E-state index contributed by atoms with van der Waals surface area (Å²) in [6.07, 6.45) is 1.70. The van der Waals surface area contributed by atoms with Gasteiger partial charge in [-0.15, -0.1) is 0 Å². The average Bonchev–Trinajstić information content (AvgIpc) is 2.68. The lowest BCUT2D eigenvalue weighted by atomic mass is 10.2. The monoisotopic (exact) mass is 209 g/mol.